The van der Waals surface area contributed by atoms with Crippen molar-refractivity contribution in [3.63, 3.8) is 0 Å². The number of hydrogen-bond donors (Lipinski definition) is 1. The van der Waals surface area contributed by atoms with Gasteiger partial charge in [0.2, 0.25) is 5.91 Å². The molecule has 1 aliphatic heterocycles. The molecule has 2 heterocycles. The first-order chi connectivity index (χ1) is 13.1. The predicted octanol–water partition coefficient (Wildman–Crippen LogP) is 3.00. The highest BCUT2D eigenvalue weighted by atomic mass is 79.9. The summed E-state index contributed by atoms with van der Waals surface area (Å²) in [7, 11) is 0. The van der Waals surface area contributed by atoms with Crippen LogP contribution < -0.4 is 20.5 Å². The van der Waals surface area contributed by atoms with E-state index in [1.165, 1.54) is 4.57 Å². The zero-order chi connectivity index (χ0) is 19.0. The minimum Gasteiger partial charge on any atom is -0.486 e. The number of imidazole rings is 1. The quantitative estimate of drug-likeness (QED) is 0.688. The Bertz CT molecular complexity index is 1090. The third-order valence-electron chi connectivity index (χ3n) is 4.45. The summed E-state index contributed by atoms with van der Waals surface area (Å²) in [5.74, 6) is 0.918. The summed E-state index contributed by atoms with van der Waals surface area (Å²) < 4.78 is 14.9. The molecule has 8 heteroatoms. The molecule has 0 unspecified atom stereocenters. The summed E-state index contributed by atoms with van der Waals surface area (Å²) in [5.41, 5.74) is 1.92. The fraction of sp³-hybridized carbons (Fsp3) is 0.263. The topological polar surface area (TPSA) is 74.5 Å². The summed E-state index contributed by atoms with van der Waals surface area (Å²) in [5, 5.41) is 2.84. The number of rotatable bonds is 4. The number of para-hydroxylation sites is 2. The monoisotopic (exact) mass is 431 g/mol. The van der Waals surface area contributed by atoms with Crippen LogP contribution in [0.4, 0.5) is 5.69 Å². The number of carbonyl (C=O) groups is 1. The number of aromatic nitrogens is 2. The van der Waals surface area contributed by atoms with Crippen molar-refractivity contribution >= 4 is 38.6 Å². The summed E-state index contributed by atoms with van der Waals surface area (Å²) in [4.78, 5) is 25.3. The number of anilines is 1. The second-order valence-corrected chi connectivity index (χ2v) is 6.98. The zero-order valence-corrected chi connectivity index (χ0v) is 16.3. The smallest absolute Gasteiger partial charge is 0.329 e. The number of fused-ring (bicyclic) bond motifs is 2. The first-order valence-electron chi connectivity index (χ1n) is 8.65. The largest absolute Gasteiger partial charge is 0.486 e. The first kappa shape index (κ1) is 17.7. The number of ether oxygens (including phenoxy) is 2. The Morgan fingerprint density at radius 2 is 1.74 bits per heavy atom. The van der Waals surface area contributed by atoms with Crippen LogP contribution in [0, 0.1) is 0 Å². The number of hydrogen-bond acceptors (Lipinski definition) is 4. The Kier molecular flexibility index (Phi) is 4.65. The SMILES string of the molecule is CCn1c(=O)n(CC(=O)Nc2cc3c(cc2Br)OCCO3)c2ccccc21. The first-order valence-corrected chi connectivity index (χ1v) is 9.45. The fourth-order valence-corrected chi connectivity index (χ4v) is 3.65. The molecule has 0 aliphatic carbocycles. The molecule has 27 heavy (non-hydrogen) atoms. The molecule has 4 rings (SSSR count). The molecule has 3 aromatic rings. The highest BCUT2D eigenvalue weighted by Gasteiger charge is 2.18. The Hall–Kier alpha value is -2.74. The van der Waals surface area contributed by atoms with E-state index >= 15 is 0 Å². The second kappa shape index (κ2) is 7.11. The van der Waals surface area contributed by atoms with Crippen molar-refractivity contribution < 1.29 is 14.3 Å². The predicted molar refractivity (Wildman–Crippen MR) is 106 cm³/mol. The van der Waals surface area contributed by atoms with Crippen LogP contribution in [0.3, 0.4) is 0 Å². The molecular formula is C19H18BrN3O4. The van der Waals surface area contributed by atoms with Crippen molar-refractivity contribution in [3.05, 3.63) is 51.4 Å². The van der Waals surface area contributed by atoms with Crippen molar-refractivity contribution in [2.45, 2.75) is 20.0 Å². The van der Waals surface area contributed by atoms with E-state index in [0.29, 0.717) is 41.4 Å². The van der Waals surface area contributed by atoms with Crippen molar-refractivity contribution in [3.8, 4) is 11.5 Å². The van der Waals surface area contributed by atoms with Gasteiger partial charge in [0.1, 0.15) is 19.8 Å². The molecule has 1 aliphatic rings. The average molecular weight is 432 g/mol. The lowest BCUT2D eigenvalue weighted by Crippen LogP contribution is -2.29. The van der Waals surface area contributed by atoms with E-state index in [1.807, 2.05) is 31.2 Å². The summed E-state index contributed by atoms with van der Waals surface area (Å²) in [6.07, 6.45) is 0. The van der Waals surface area contributed by atoms with Crippen molar-refractivity contribution in [2.75, 3.05) is 18.5 Å². The van der Waals surface area contributed by atoms with Crippen LogP contribution in [0.1, 0.15) is 6.92 Å². The molecule has 1 aromatic heterocycles. The van der Waals surface area contributed by atoms with Gasteiger partial charge < -0.3 is 14.8 Å². The summed E-state index contributed by atoms with van der Waals surface area (Å²) in [6, 6.07) is 10.9. The van der Waals surface area contributed by atoms with E-state index in [1.54, 1.807) is 16.7 Å². The third-order valence-corrected chi connectivity index (χ3v) is 5.11. The van der Waals surface area contributed by atoms with Gasteiger partial charge in [-0.25, -0.2) is 4.79 Å². The van der Waals surface area contributed by atoms with E-state index in [9.17, 15) is 9.59 Å². The molecular weight excluding hydrogens is 414 g/mol. The molecule has 2 aromatic carbocycles. The van der Waals surface area contributed by atoms with Gasteiger partial charge in [-0.2, -0.15) is 0 Å². The number of benzene rings is 2. The van der Waals surface area contributed by atoms with Crippen LogP contribution in [-0.4, -0.2) is 28.3 Å². The maximum absolute atomic E-state index is 12.7. The van der Waals surface area contributed by atoms with Gasteiger partial charge in [0, 0.05) is 23.2 Å². The standard InChI is InChI=1S/C19H18BrN3O4/c1-2-22-14-5-3-4-6-15(14)23(19(22)25)11-18(24)21-13-10-17-16(9-12(13)20)26-7-8-27-17/h3-6,9-10H,2,7-8,11H2,1H3,(H,21,24). The van der Waals surface area contributed by atoms with Crippen molar-refractivity contribution in [2.24, 2.45) is 0 Å². The molecule has 1 N–H and O–H groups in total. The maximum Gasteiger partial charge on any atom is 0.329 e. The third kappa shape index (κ3) is 3.21. The van der Waals surface area contributed by atoms with Crippen LogP contribution in [0.25, 0.3) is 11.0 Å². The van der Waals surface area contributed by atoms with Crippen LogP contribution in [0.2, 0.25) is 0 Å². The van der Waals surface area contributed by atoms with Gasteiger partial charge in [0.15, 0.2) is 11.5 Å². The molecule has 0 saturated heterocycles. The lowest BCUT2D eigenvalue weighted by atomic mass is 10.2. The van der Waals surface area contributed by atoms with E-state index in [-0.39, 0.29) is 18.1 Å². The molecule has 140 valence electrons. The van der Waals surface area contributed by atoms with Crippen LogP contribution >= 0.6 is 15.9 Å². The molecule has 0 atom stereocenters. The number of halogens is 1. The molecule has 0 spiro atoms. The van der Waals surface area contributed by atoms with E-state index < -0.39 is 0 Å². The van der Waals surface area contributed by atoms with Crippen molar-refractivity contribution in [1.29, 1.82) is 0 Å². The summed E-state index contributed by atoms with van der Waals surface area (Å²) in [6.45, 7) is 3.34. The van der Waals surface area contributed by atoms with Gasteiger partial charge in [0.05, 0.1) is 16.7 Å². The molecule has 0 radical (unpaired) electrons. The fourth-order valence-electron chi connectivity index (χ4n) is 3.22. The van der Waals surface area contributed by atoms with Crippen LogP contribution in [0.15, 0.2) is 45.7 Å². The Morgan fingerprint density at radius 1 is 1.11 bits per heavy atom. The minimum atomic E-state index is -0.298. The Morgan fingerprint density at radius 3 is 2.41 bits per heavy atom. The Labute approximate surface area is 163 Å². The Balaban J connectivity index is 1.62. The average Bonchev–Trinajstić information content (AvgIpc) is 2.93. The minimum absolute atomic E-state index is 0.0762. The molecule has 0 fully saturated rings. The number of nitrogens with zero attached hydrogens (tertiary/aromatic N) is 2. The van der Waals surface area contributed by atoms with Crippen LogP contribution in [-0.2, 0) is 17.9 Å². The van der Waals surface area contributed by atoms with Crippen LogP contribution in [0.5, 0.6) is 11.5 Å². The van der Waals surface area contributed by atoms with E-state index in [4.69, 9.17) is 9.47 Å². The van der Waals surface area contributed by atoms with Crippen molar-refractivity contribution in [1.82, 2.24) is 9.13 Å². The number of carbonyl (C=O) groups excluding carboxylic acids is 1. The van der Waals surface area contributed by atoms with Gasteiger partial charge >= 0.3 is 5.69 Å². The number of nitrogens with one attached hydrogen (secondary N) is 1. The highest BCUT2D eigenvalue weighted by molar-refractivity contribution is 9.10. The van der Waals surface area contributed by atoms with Gasteiger partial charge in [-0.3, -0.25) is 13.9 Å². The highest BCUT2D eigenvalue weighted by Crippen LogP contribution is 2.38. The number of amides is 1. The van der Waals surface area contributed by atoms with Gasteiger partial charge in [-0.15, -0.1) is 0 Å². The molecule has 0 saturated carbocycles. The zero-order valence-electron chi connectivity index (χ0n) is 14.7. The lowest BCUT2D eigenvalue weighted by Gasteiger charge is -2.20. The molecule has 7 nitrogen and oxygen atoms in total. The molecule has 1 amide bonds. The second-order valence-electron chi connectivity index (χ2n) is 6.13. The maximum atomic E-state index is 12.7. The number of aryl methyl sites for hydroxylation is 1. The molecule has 0 bridgehead atoms. The van der Waals surface area contributed by atoms with E-state index in [2.05, 4.69) is 21.2 Å². The lowest BCUT2D eigenvalue weighted by molar-refractivity contribution is -0.116. The van der Waals surface area contributed by atoms with Gasteiger partial charge in [-0.05, 0) is 35.0 Å². The normalized spacial score (nSPS) is 13.0. The van der Waals surface area contributed by atoms with Gasteiger partial charge in [0.25, 0.3) is 0 Å². The van der Waals surface area contributed by atoms with E-state index in [0.717, 1.165) is 11.0 Å². The van der Waals surface area contributed by atoms with Gasteiger partial charge in [-0.1, -0.05) is 12.1 Å². The summed E-state index contributed by atoms with van der Waals surface area (Å²) >= 11 is 3.44.